The van der Waals surface area contributed by atoms with Crippen molar-refractivity contribution < 1.29 is 9.18 Å². The molecule has 0 aliphatic heterocycles. The van der Waals surface area contributed by atoms with E-state index in [0.29, 0.717) is 19.0 Å². The van der Waals surface area contributed by atoms with Crippen molar-refractivity contribution in [2.45, 2.75) is 39.8 Å². The van der Waals surface area contributed by atoms with Gasteiger partial charge in [-0.3, -0.25) is 4.79 Å². The first-order valence-electron chi connectivity index (χ1n) is 8.56. The summed E-state index contributed by atoms with van der Waals surface area (Å²) < 4.78 is 15.4. The molecule has 0 N–H and O–H groups in total. The van der Waals surface area contributed by atoms with Gasteiger partial charge in [0.2, 0.25) is 5.91 Å². The Bertz CT molecular complexity index is 706. The van der Waals surface area contributed by atoms with E-state index in [1.807, 2.05) is 35.6 Å². The van der Waals surface area contributed by atoms with Crippen molar-refractivity contribution in [1.82, 2.24) is 14.5 Å². The largest absolute Gasteiger partial charge is 0.335 e. The molecule has 24 heavy (non-hydrogen) atoms. The minimum Gasteiger partial charge on any atom is -0.335 e. The van der Waals surface area contributed by atoms with Gasteiger partial charge in [0.05, 0.1) is 6.54 Å². The number of nitrogens with zero attached hydrogens (tertiary/aromatic N) is 3. The molecule has 0 saturated heterocycles. The van der Waals surface area contributed by atoms with Gasteiger partial charge in [-0.1, -0.05) is 26.0 Å². The molecule has 4 nitrogen and oxygen atoms in total. The monoisotopic (exact) mass is 329 g/mol. The highest BCUT2D eigenvalue weighted by molar-refractivity contribution is 5.78. The van der Waals surface area contributed by atoms with E-state index in [0.717, 1.165) is 17.9 Å². The van der Waals surface area contributed by atoms with Crippen molar-refractivity contribution in [3.63, 3.8) is 0 Å². The predicted octanol–water partition coefficient (Wildman–Crippen LogP) is 3.47. The summed E-state index contributed by atoms with van der Waals surface area (Å²) in [5.41, 5.74) is 0.887. The molecule has 5 heteroatoms. The summed E-state index contributed by atoms with van der Waals surface area (Å²) in [5.74, 6) is 1.39. The molecule has 1 saturated carbocycles. The fourth-order valence-electron chi connectivity index (χ4n) is 2.85. The smallest absolute Gasteiger partial charge is 0.225 e. The molecule has 1 fully saturated rings. The van der Waals surface area contributed by atoms with Crippen LogP contribution in [0.2, 0.25) is 0 Å². The lowest BCUT2D eigenvalue weighted by atomic mass is 10.1. The number of carbonyl (C=O) groups is 1. The first kappa shape index (κ1) is 16.7. The van der Waals surface area contributed by atoms with E-state index in [1.165, 1.54) is 25.0 Å². The Morgan fingerprint density at radius 3 is 2.88 bits per heavy atom. The quantitative estimate of drug-likeness (QED) is 0.780. The van der Waals surface area contributed by atoms with Crippen LogP contribution in [-0.2, 0) is 17.9 Å². The molecule has 0 radical (unpaired) electrons. The summed E-state index contributed by atoms with van der Waals surface area (Å²) in [6.45, 7) is 5.74. The topological polar surface area (TPSA) is 38.1 Å². The van der Waals surface area contributed by atoms with Gasteiger partial charge in [0.1, 0.15) is 11.6 Å². The van der Waals surface area contributed by atoms with Gasteiger partial charge in [-0.25, -0.2) is 9.37 Å². The zero-order chi connectivity index (χ0) is 17.1. The maximum atomic E-state index is 13.4. The Labute approximate surface area is 142 Å². The van der Waals surface area contributed by atoms with Crippen LogP contribution in [0.4, 0.5) is 4.39 Å². The number of hydrogen-bond donors (Lipinski definition) is 0. The molecule has 3 rings (SSSR count). The highest BCUT2D eigenvalue weighted by Crippen LogP contribution is 2.30. The van der Waals surface area contributed by atoms with Gasteiger partial charge < -0.3 is 9.47 Å². The van der Waals surface area contributed by atoms with E-state index in [2.05, 4.69) is 4.98 Å². The van der Waals surface area contributed by atoms with Crippen molar-refractivity contribution in [3.05, 3.63) is 53.9 Å². The number of amides is 1. The SMILES string of the molecule is CC(C)C(=O)N(Cc1nccn1Cc1cccc(F)c1)CC1CC1. The number of halogens is 1. The van der Waals surface area contributed by atoms with Gasteiger partial charge in [-0.2, -0.15) is 0 Å². The second-order valence-corrected chi connectivity index (χ2v) is 6.92. The lowest BCUT2D eigenvalue weighted by molar-refractivity contribution is -0.135. The number of aromatic nitrogens is 2. The molecule has 1 aromatic heterocycles. The Balaban J connectivity index is 1.74. The third kappa shape index (κ3) is 4.22. The minimum absolute atomic E-state index is 0.0182. The number of carbonyl (C=O) groups excluding carboxylic acids is 1. The highest BCUT2D eigenvalue weighted by Gasteiger charge is 2.28. The van der Waals surface area contributed by atoms with E-state index in [1.54, 1.807) is 12.3 Å². The highest BCUT2D eigenvalue weighted by atomic mass is 19.1. The average molecular weight is 329 g/mol. The van der Waals surface area contributed by atoms with Crippen LogP contribution in [0, 0.1) is 17.7 Å². The Morgan fingerprint density at radius 1 is 1.42 bits per heavy atom. The standard InChI is InChI=1S/C19H24FN3O/c1-14(2)19(24)23(11-15-6-7-15)13-18-21-8-9-22(18)12-16-4-3-5-17(20)10-16/h3-5,8-10,14-15H,6-7,11-13H2,1-2H3. The first-order valence-corrected chi connectivity index (χ1v) is 8.56. The van der Waals surface area contributed by atoms with Crippen molar-refractivity contribution in [2.24, 2.45) is 11.8 Å². The fourth-order valence-corrected chi connectivity index (χ4v) is 2.85. The van der Waals surface area contributed by atoms with E-state index in [9.17, 15) is 9.18 Å². The lowest BCUT2D eigenvalue weighted by Gasteiger charge is -2.24. The molecule has 1 aliphatic carbocycles. The van der Waals surface area contributed by atoms with Crippen LogP contribution in [-0.4, -0.2) is 26.9 Å². The summed E-state index contributed by atoms with van der Waals surface area (Å²) in [6, 6.07) is 6.58. The summed E-state index contributed by atoms with van der Waals surface area (Å²) in [5, 5.41) is 0. The van der Waals surface area contributed by atoms with Crippen molar-refractivity contribution >= 4 is 5.91 Å². The van der Waals surface area contributed by atoms with Gasteiger partial charge in [0.15, 0.2) is 0 Å². The van der Waals surface area contributed by atoms with Crippen LogP contribution >= 0.6 is 0 Å². The molecule has 128 valence electrons. The minimum atomic E-state index is -0.237. The van der Waals surface area contributed by atoms with Crippen LogP contribution in [0.1, 0.15) is 38.1 Å². The first-order chi connectivity index (χ1) is 11.5. The summed E-state index contributed by atoms with van der Waals surface area (Å²) in [6.07, 6.45) is 6.04. The van der Waals surface area contributed by atoms with Crippen LogP contribution < -0.4 is 0 Å². The van der Waals surface area contributed by atoms with Crippen LogP contribution in [0.3, 0.4) is 0 Å². The molecule has 0 bridgehead atoms. The maximum Gasteiger partial charge on any atom is 0.225 e. The molecular formula is C19H24FN3O. The summed E-state index contributed by atoms with van der Waals surface area (Å²) in [4.78, 5) is 18.8. The van der Waals surface area contributed by atoms with E-state index >= 15 is 0 Å². The van der Waals surface area contributed by atoms with Gasteiger partial charge in [0.25, 0.3) is 0 Å². The molecule has 0 unspecified atom stereocenters. The van der Waals surface area contributed by atoms with Gasteiger partial charge in [0, 0.05) is 31.4 Å². The predicted molar refractivity (Wildman–Crippen MR) is 90.7 cm³/mol. The van der Waals surface area contributed by atoms with Gasteiger partial charge in [-0.15, -0.1) is 0 Å². The third-order valence-corrected chi connectivity index (χ3v) is 4.36. The molecule has 2 aromatic rings. The molecular weight excluding hydrogens is 305 g/mol. The summed E-state index contributed by atoms with van der Waals surface area (Å²) in [7, 11) is 0. The van der Waals surface area contributed by atoms with E-state index in [4.69, 9.17) is 0 Å². The van der Waals surface area contributed by atoms with Crippen molar-refractivity contribution in [2.75, 3.05) is 6.54 Å². The molecule has 1 aromatic carbocycles. The summed E-state index contributed by atoms with van der Waals surface area (Å²) >= 11 is 0. The fraction of sp³-hybridized carbons (Fsp3) is 0.474. The average Bonchev–Trinajstić information content (AvgIpc) is 3.26. The van der Waals surface area contributed by atoms with Gasteiger partial charge in [-0.05, 0) is 36.5 Å². The Morgan fingerprint density at radius 2 is 2.21 bits per heavy atom. The van der Waals surface area contributed by atoms with Crippen molar-refractivity contribution in [1.29, 1.82) is 0 Å². The normalized spacial score (nSPS) is 14.2. The van der Waals surface area contributed by atoms with E-state index < -0.39 is 0 Å². The molecule has 1 heterocycles. The van der Waals surface area contributed by atoms with E-state index in [-0.39, 0.29) is 17.6 Å². The Hall–Kier alpha value is -2.17. The van der Waals surface area contributed by atoms with Gasteiger partial charge >= 0.3 is 0 Å². The second-order valence-electron chi connectivity index (χ2n) is 6.92. The molecule has 1 aliphatic rings. The van der Waals surface area contributed by atoms with Crippen LogP contribution in [0.25, 0.3) is 0 Å². The molecule has 0 atom stereocenters. The number of hydrogen-bond acceptors (Lipinski definition) is 2. The third-order valence-electron chi connectivity index (χ3n) is 4.36. The molecule has 0 spiro atoms. The Kier molecular flexibility index (Phi) is 4.97. The lowest BCUT2D eigenvalue weighted by Crippen LogP contribution is -2.36. The zero-order valence-corrected chi connectivity index (χ0v) is 14.3. The van der Waals surface area contributed by atoms with Crippen LogP contribution in [0.15, 0.2) is 36.7 Å². The number of rotatable bonds is 7. The number of imidazole rings is 1. The van der Waals surface area contributed by atoms with Crippen molar-refractivity contribution in [3.8, 4) is 0 Å². The second kappa shape index (κ2) is 7.16. The molecule has 1 amide bonds. The zero-order valence-electron chi connectivity index (χ0n) is 14.3. The van der Waals surface area contributed by atoms with Crippen LogP contribution in [0.5, 0.6) is 0 Å². The maximum absolute atomic E-state index is 13.4. The number of benzene rings is 1.